The molecule has 1 aliphatic heterocycles. The number of imide groups is 1. The number of aldehydes is 1. The lowest BCUT2D eigenvalue weighted by atomic mass is 9.98. The first-order valence-corrected chi connectivity index (χ1v) is 7.63. The van der Waals surface area contributed by atoms with E-state index in [4.69, 9.17) is 5.73 Å². The first kappa shape index (κ1) is 18.0. The molecule has 1 heterocycles. The second-order valence-corrected chi connectivity index (χ2v) is 5.71. The molecule has 0 aromatic heterocycles. The summed E-state index contributed by atoms with van der Waals surface area (Å²) in [7, 11) is 1.73. The van der Waals surface area contributed by atoms with Gasteiger partial charge in [0, 0.05) is 25.1 Å². The number of piperidine rings is 1. The molecule has 0 bridgehead atoms. The summed E-state index contributed by atoms with van der Waals surface area (Å²) in [4.78, 5) is 36.3. The molecule has 0 saturated carbocycles. The van der Waals surface area contributed by atoms with E-state index in [0.29, 0.717) is 29.4 Å². The number of likely N-dealkylation sites (N-methyl/N-ethyl adjacent to an activating group) is 1. The Kier molecular flexibility index (Phi) is 5.94. The van der Waals surface area contributed by atoms with Gasteiger partial charge in [0.15, 0.2) is 0 Å². The molecule has 1 saturated heterocycles. The summed E-state index contributed by atoms with van der Waals surface area (Å²) in [5, 5.41) is 2.30. The molecule has 1 aromatic carbocycles. The quantitative estimate of drug-likeness (QED) is 0.599. The fourth-order valence-corrected chi connectivity index (χ4v) is 2.74. The normalized spacial score (nSPS) is 18.7. The van der Waals surface area contributed by atoms with E-state index in [1.165, 1.54) is 6.08 Å². The van der Waals surface area contributed by atoms with E-state index in [1.54, 1.807) is 30.1 Å². The Labute approximate surface area is 139 Å². The van der Waals surface area contributed by atoms with E-state index in [0.717, 1.165) is 0 Å². The Balaban J connectivity index is 2.29. The van der Waals surface area contributed by atoms with Gasteiger partial charge in [0.2, 0.25) is 11.8 Å². The number of hydrogen-bond donors (Lipinski definition) is 2. The maximum absolute atomic E-state index is 13.6. The van der Waals surface area contributed by atoms with Crippen molar-refractivity contribution in [2.24, 2.45) is 5.73 Å². The lowest BCUT2D eigenvalue weighted by Crippen LogP contribution is -2.51. The van der Waals surface area contributed by atoms with E-state index in [1.807, 2.05) is 0 Å². The van der Waals surface area contributed by atoms with E-state index in [9.17, 15) is 18.8 Å². The van der Waals surface area contributed by atoms with Crippen LogP contribution in [0.5, 0.6) is 0 Å². The van der Waals surface area contributed by atoms with Crippen molar-refractivity contribution < 1.29 is 18.8 Å². The van der Waals surface area contributed by atoms with Crippen molar-refractivity contribution in [3.8, 4) is 0 Å². The molecule has 1 aliphatic rings. The maximum atomic E-state index is 13.6. The van der Waals surface area contributed by atoms with E-state index in [-0.39, 0.29) is 31.3 Å². The molecule has 7 heteroatoms. The number of hydrogen-bond acceptors (Lipinski definition) is 5. The van der Waals surface area contributed by atoms with Gasteiger partial charge in [0.05, 0.1) is 6.04 Å². The molecule has 0 radical (unpaired) electrons. The van der Waals surface area contributed by atoms with Gasteiger partial charge in [-0.1, -0.05) is 18.2 Å². The Morgan fingerprint density at radius 1 is 1.42 bits per heavy atom. The summed E-state index contributed by atoms with van der Waals surface area (Å²) >= 11 is 0. The Morgan fingerprint density at radius 3 is 2.75 bits per heavy atom. The zero-order valence-electron chi connectivity index (χ0n) is 13.4. The van der Waals surface area contributed by atoms with Gasteiger partial charge < -0.3 is 5.73 Å². The van der Waals surface area contributed by atoms with Crippen molar-refractivity contribution in [2.45, 2.75) is 25.4 Å². The highest BCUT2D eigenvalue weighted by Gasteiger charge is 2.30. The summed E-state index contributed by atoms with van der Waals surface area (Å²) in [6.07, 6.45) is 2.67. The molecule has 0 aliphatic carbocycles. The van der Waals surface area contributed by atoms with Gasteiger partial charge in [0.1, 0.15) is 12.1 Å². The van der Waals surface area contributed by atoms with Crippen LogP contribution in [-0.4, -0.2) is 42.6 Å². The van der Waals surface area contributed by atoms with Crippen molar-refractivity contribution in [1.29, 1.82) is 0 Å². The van der Waals surface area contributed by atoms with Crippen molar-refractivity contribution in [3.05, 3.63) is 40.7 Å². The lowest BCUT2D eigenvalue weighted by Gasteiger charge is -2.30. The molecular weight excluding hydrogens is 313 g/mol. The van der Waals surface area contributed by atoms with Crippen molar-refractivity contribution >= 4 is 24.2 Å². The van der Waals surface area contributed by atoms with Crippen LogP contribution in [0.3, 0.4) is 0 Å². The van der Waals surface area contributed by atoms with Crippen LogP contribution in [0, 0.1) is 0 Å². The van der Waals surface area contributed by atoms with Crippen LogP contribution in [-0.2, 0) is 16.1 Å². The van der Waals surface area contributed by atoms with Crippen LogP contribution in [0.15, 0.2) is 24.0 Å². The van der Waals surface area contributed by atoms with E-state index in [2.05, 4.69) is 5.32 Å². The molecule has 3 N–H and O–H groups in total. The van der Waals surface area contributed by atoms with Gasteiger partial charge in [-0.25, -0.2) is 4.39 Å². The van der Waals surface area contributed by atoms with Gasteiger partial charge in [-0.3, -0.25) is 24.6 Å². The molecule has 2 amide bonds. The molecule has 128 valence electrons. The standard InChI is InChI=1S/C17H20FN3O3/c1-21(15-5-6-16(23)20-17(15)24)9-14-11(7-13(18)8-19)3-2-4-12(14)10-22/h2-4,7,10,15H,5-6,8-9,19H2,1H3,(H,20,23,24)/b13-7-. The Morgan fingerprint density at radius 2 is 2.12 bits per heavy atom. The first-order valence-electron chi connectivity index (χ1n) is 7.63. The van der Waals surface area contributed by atoms with Gasteiger partial charge in [-0.2, -0.15) is 0 Å². The SMILES string of the molecule is CN(Cc1c(C=O)cccc1/C=C(\F)CN)C1CCC(=O)NC1=O. The fourth-order valence-electron chi connectivity index (χ4n) is 2.74. The number of nitrogens with zero attached hydrogens (tertiary/aromatic N) is 1. The second-order valence-electron chi connectivity index (χ2n) is 5.71. The van der Waals surface area contributed by atoms with Crippen molar-refractivity contribution in [3.63, 3.8) is 0 Å². The third-order valence-electron chi connectivity index (χ3n) is 4.03. The number of rotatable bonds is 6. The molecule has 2 rings (SSSR count). The highest BCUT2D eigenvalue weighted by Crippen LogP contribution is 2.21. The molecule has 6 nitrogen and oxygen atoms in total. The van der Waals surface area contributed by atoms with E-state index >= 15 is 0 Å². The summed E-state index contributed by atoms with van der Waals surface area (Å²) in [6.45, 7) is 0.0403. The zero-order chi connectivity index (χ0) is 17.7. The molecule has 1 fully saturated rings. The Hall–Kier alpha value is -2.38. The highest BCUT2D eigenvalue weighted by molar-refractivity contribution is 6.00. The average molecular weight is 333 g/mol. The fraction of sp³-hybridized carbons (Fsp3) is 0.353. The van der Waals surface area contributed by atoms with Crippen molar-refractivity contribution in [1.82, 2.24) is 10.2 Å². The number of carbonyl (C=O) groups excluding carboxylic acids is 3. The van der Waals surface area contributed by atoms with Gasteiger partial charge in [-0.15, -0.1) is 0 Å². The molecule has 24 heavy (non-hydrogen) atoms. The molecule has 1 unspecified atom stereocenters. The lowest BCUT2D eigenvalue weighted by molar-refractivity contribution is -0.137. The van der Waals surface area contributed by atoms with Crippen LogP contribution >= 0.6 is 0 Å². The second kappa shape index (κ2) is 7.94. The van der Waals surface area contributed by atoms with Gasteiger partial charge in [-0.05, 0) is 30.7 Å². The minimum atomic E-state index is -0.497. The first-order chi connectivity index (χ1) is 11.5. The average Bonchev–Trinajstić information content (AvgIpc) is 2.55. The summed E-state index contributed by atoms with van der Waals surface area (Å²) in [6, 6.07) is 4.52. The van der Waals surface area contributed by atoms with Crippen LogP contribution in [0.1, 0.15) is 34.3 Å². The number of carbonyl (C=O) groups is 3. The van der Waals surface area contributed by atoms with Crippen LogP contribution in [0.4, 0.5) is 4.39 Å². The predicted octanol–water partition coefficient (Wildman–Crippen LogP) is 1.01. The van der Waals surface area contributed by atoms with Crippen LogP contribution in [0.2, 0.25) is 0 Å². The zero-order valence-corrected chi connectivity index (χ0v) is 13.4. The summed E-state index contributed by atoms with van der Waals surface area (Å²) < 4.78 is 13.6. The summed E-state index contributed by atoms with van der Waals surface area (Å²) in [5.41, 5.74) is 6.86. The maximum Gasteiger partial charge on any atom is 0.243 e. The summed E-state index contributed by atoms with van der Waals surface area (Å²) in [5.74, 6) is -1.14. The Bertz CT molecular complexity index is 688. The molecule has 1 aromatic rings. The molecule has 0 spiro atoms. The smallest absolute Gasteiger partial charge is 0.243 e. The van der Waals surface area contributed by atoms with Gasteiger partial charge in [0.25, 0.3) is 0 Å². The minimum absolute atomic E-state index is 0.228. The highest BCUT2D eigenvalue weighted by atomic mass is 19.1. The molecular formula is C17H20FN3O3. The van der Waals surface area contributed by atoms with Gasteiger partial charge >= 0.3 is 0 Å². The predicted molar refractivity (Wildman–Crippen MR) is 87.6 cm³/mol. The topological polar surface area (TPSA) is 92.5 Å². The third kappa shape index (κ3) is 4.12. The number of halogens is 1. The largest absolute Gasteiger partial charge is 0.325 e. The number of amides is 2. The number of benzene rings is 1. The molecule has 1 atom stereocenters. The van der Waals surface area contributed by atoms with E-state index < -0.39 is 11.9 Å². The van der Waals surface area contributed by atoms with Crippen LogP contribution < -0.4 is 11.1 Å². The third-order valence-corrected chi connectivity index (χ3v) is 4.03. The number of nitrogens with one attached hydrogen (secondary N) is 1. The van der Waals surface area contributed by atoms with Crippen molar-refractivity contribution in [2.75, 3.05) is 13.6 Å². The number of nitrogens with two attached hydrogens (primary N) is 1. The monoisotopic (exact) mass is 333 g/mol. The van der Waals surface area contributed by atoms with Crippen LogP contribution in [0.25, 0.3) is 6.08 Å². The minimum Gasteiger partial charge on any atom is -0.325 e.